The van der Waals surface area contributed by atoms with Crippen molar-refractivity contribution < 1.29 is 4.74 Å². The van der Waals surface area contributed by atoms with Crippen molar-refractivity contribution >= 4 is 41.5 Å². The zero-order valence-electron chi connectivity index (χ0n) is 18.5. The SMILES string of the molecule is COc1ccc(CN=C(NCc2nnc(C)n2C)N(C)Cc2cc(Cl)cn2C)cc1.I. The van der Waals surface area contributed by atoms with Crippen molar-refractivity contribution in [2.24, 2.45) is 19.1 Å². The van der Waals surface area contributed by atoms with E-state index < -0.39 is 0 Å². The minimum absolute atomic E-state index is 0. The van der Waals surface area contributed by atoms with Gasteiger partial charge in [0.05, 0.1) is 31.8 Å². The molecule has 8 nitrogen and oxygen atoms in total. The number of aliphatic imine (C=N–C) groups is 1. The minimum atomic E-state index is 0. The molecule has 0 atom stereocenters. The number of rotatable bonds is 7. The van der Waals surface area contributed by atoms with Crippen LogP contribution in [0, 0.1) is 6.92 Å². The van der Waals surface area contributed by atoms with Gasteiger partial charge < -0.3 is 24.1 Å². The Kier molecular flexibility index (Phi) is 9.17. The van der Waals surface area contributed by atoms with E-state index in [4.69, 9.17) is 21.3 Å². The lowest BCUT2D eigenvalue weighted by Crippen LogP contribution is -2.39. The number of aromatic nitrogens is 4. The van der Waals surface area contributed by atoms with Crippen LogP contribution in [-0.4, -0.2) is 44.3 Å². The van der Waals surface area contributed by atoms with Gasteiger partial charge in [-0.05, 0) is 30.7 Å². The molecule has 0 amide bonds. The maximum atomic E-state index is 6.14. The number of halogens is 2. The smallest absolute Gasteiger partial charge is 0.194 e. The van der Waals surface area contributed by atoms with Gasteiger partial charge in [-0.2, -0.15) is 0 Å². The highest BCUT2D eigenvalue weighted by Crippen LogP contribution is 2.15. The maximum Gasteiger partial charge on any atom is 0.194 e. The van der Waals surface area contributed by atoms with E-state index in [0.717, 1.165) is 39.6 Å². The third kappa shape index (κ3) is 6.60. The summed E-state index contributed by atoms with van der Waals surface area (Å²) in [6.07, 6.45) is 1.90. The van der Waals surface area contributed by atoms with E-state index in [0.29, 0.717) is 19.6 Å². The van der Waals surface area contributed by atoms with Gasteiger partial charge in [0, 0.05) is 33.0 Å². The molecule has 3 rings (SSSR count). The molecule has 0 unspecified atom stereocenters. The average Bonchev–Trinajstić information content (AvgIpc) is 3.22. The lowest BCUT2D eigenvalue weighted by atomic mass is 10.2. The first-order valence-electron chi connectivity index (χ1n) is 9.65. The van der Waals surface area contributed by atoms with E-state index in [1.54, 1.807) is 7.11 Å². The molecule has 0 saturated carbocycles. The number of benzene rings is 1. The molecule has 168 valence electrons. The van der Waals surface area contributed by atoms with Crippen molar-refractivity contribution in [2.75, 3.05) is 14.2 Å². The standard InChI is InChI=1S/C21H28ClN7O.HI/c1-15-25-26-20(29(15)4)12-24-21(23-11-16-6-8-19(30-5)9-7-16)28(3)14-18-10-17(22)13-27(18)2;/h6-10,13H,11-12,14H2,1-5H3,(H,23,24);1H. The summed E-state index contributed by atoms with van der Waals surface area (Å²) < 4.78 is 9.21. The molecule has 1 aromatic carbocycles. The Bertz CT molecular complexity index is 1010. The highest BCUT2D eigenvalue weighted by molar-refractivity contribution is 14.0. The Labute approximate surface area is 205 Å². The monoisotopic (exact) mass is 557 g/mol. The number of hydrogen-bond donors (Lipinski definition) is 1. The van der Waals surface area contributed by atoms with Gasteiger partial charge in [-0.1, -0.05) is 23.7 Å². The normalized spacial score (nSPS) is 11.2. The Balaban J connectivity index is 0.00000341. The van der Waals surface area contributed by atoms with Crippen molar-refractivity contribution in [3.05, 3.63) is 64.5 Å². The molecule has 0 saturated heterocycles. The van der Waals surface area contributed by atoms with Gasteiger partial charge in [0.25, 0.3) is 0 Å². The predicted octanol–water partition coefficient (Wildman–Crippen LogP) is 3.52. The van der Waals surface area contributed by atoms with Gasteiger partial charge in [0.2, 0.25) is 0 Å². The molecule has 1 N–H and O–H groups in total. The zero-order chi connectivity index (χ0) is 21.7. The van der Waals surface area contributed by atoms with E-state index in [-0.39, 0.29) is 24.0 Å². The molecule has 2 heterocycles. The van der Waals surface area contributed by atoms with Crippen LogP contribution in [0.5, 0.6) is 5.75 Å². The van der Waals surface area contributed by atoms with E-state index in [1.807, 2.05) is 73.7 Å². The third-order valence-corrected chi connectivity index (χ3v) is 5.20. The van der Waals surface area contributed by atoms with Crippen LogP contribution in [0.25, 0.3) is 0 Å². The lowest BCUT2D eigenvalue weighted by molar-refractivity contribution is 0.414. The van der Waals surface area contributed by atoms with Crippen LogP contribution in [-0.2, 0) is 33.7 Å². The fourth-order valence-corrected chi connectivity index (χ4v) is 3.29. The first-order chi connectivity index (χ1) is 14.4. The van der Waals surface area contributed by atoms with Gasteiger partial charge in [0.1, 0.15) is 11.6 Å². The number of nitrogens with zero attached hydrogens (tertiary/aromatic N) is 6. The molecule has 0 aliphatic heterocycles. The Morgan fingerprint density at radius 2 is 1.94 bits per heavy atom. The van der Waals surface area contributed by atoms with Crippen molar-refractivity contribution in [1.82, 2.24) is 29.5 Å². The topological polar surface area (TPSA) is 72.5 Å². The second-order valence-electron chi connectivity index (χ2n) is 7.18. The highest BCUT2D eigenvalue weighted by atomic mass is 127. The van der Waals surface area contributed by atoms with E-state index in [2.05, 4.69) is 20.4 Å². The number of ether oxygens (including phenoxy) is 1. The molecule has 3 aromatic rings. The largest absolute Gasteiger partial charge is 0.497 e. The maximum absolute atomic E-state index is 6.14. The Hall–Kier alpha value is -2.27. The number of nitrogens with one attached hydrogen (secondary N) is 1. The number of aryl methyl sites for hydroxylation is 2. The third-order valence-electron chi connectivity index (χ3n) is 4.99. The van der Waals surface area contributed by atoms with Crippen LogP contribution in [0.15, 0.2) is 41.5 Å². The molecule has 0 fully saturated rings. The van der Waals surface area contributed by atoms with E-state index >= 15 is 0 Å². The predicted molar refractivity (Wildman–Crippen MR) is 134 cm³/mol. The van der Waals surface area contributed by atoms with Crippen LogP contribution in [0.2, 0.25) is 5.02 Å². The van der Waals surface area contributed by atoms with E-state index in [9.17, 15) is 0 Å². The Morgan fingerprint density at radius 3 is 2.48 bits per heavy atom. The van der Waals surface area contributed by atoms with Gasteiger partial charge in [0.15, 0.2) is 11.8 Å². The van der Waals surface area contributed by atoms with E-state index in [1.165, 1.54) is 0 Å². The van der Waals surface area contributed by atoms with Crippen LogP contribution in [0.4, 0.5) is 0 Å². The fraction of sp³-hybridized carbons (Fsp3) is 0.381. The summed E-state index contributed by atoms with van der Waals surface area (Å²) in [7, 11) is 7.60. The first-order valence-corrected chi connectivity index (χ1v) is 10.0. The molecule has 10 heteroatoms. The molecule has 0 spiro atoms. The highest BCUT2D eigenvalue weighted by Gasteiger charge is 2.12. The van der Waals surface area contributed by atoms with Crippen LogP contribution >= 0.6 is 35.6 Å². The van der Waals surface area contributed by atoms with Gasteiger partial charge in [-0.25, -0.2) is 4.99 Å². The summed E-state index contributed by atoms with van der Waals surface area (Å²) in [5, 5.41) is 12.5. The molecule has 0 aliphatic carbocycles. The minimum Gasteiger partial charge on any atom is -0.497 e. The fourth-order valence-electron chi connectivity index (χ4n) is 3.01. The molecule has 0 aliphatic rings. The van der Waals surface area contributed by atoms with Crippen LogP contribution < -0.4 is 10.1 Å². The molecule has 0 bridgehead atoms. The molecule has 0 radical (unpaired) electrons. The summed E-state index contributed by atoms with van der Waals surface area (Å²) >= 11 is 6.14. The van der Waals surface area contributed by atoms with Crippen LogP contribution in [0.1, 0.15) is 22.9 Å². The molecule has 31 heavy (non-hydrogen) atoms. The summed E-state index contributed by atoms with van der Waals surface area (Å²) in [6.45, 7) is 3.66. The second-order valence-corrected chi connectivity index (χ2v) is 7.62. The first kappa shape index (κ1) is 25.0. The van der Waals surface area contributed by atoms with Crippen LogP contribution in [0.3, 0.4) is 0 Å². The van der Waals surface area contributed by atoms with Crippen molar-refractivity contribution in [2.45, 2.75) is 26.6 Å². The summed E-state index contributed by atoms with van der Waals surface area (Å²) in [5.74, 6) is 3.32. The van der Waals surface area contributed by atoms with Gasteiger partial charge in [-0.15, -0.1) is 34.2 Å². The number of guanidine groups is 1. The summed E-state index contributed by atoms with van der Waals surface area (Å²) in [4.78, 5) is 6.89. The van der Waals surface area contributed by atoms with Gasteiger partial charge >= 0.3 is 0 Å². The summed E-state index contributed by atoms with van der Waals surface area (Å²) in [5.41, 5.74) is 2.19. The van der Waals surface area contributed by atoms with Gasteiger partial charge in [-0.3, -0.25) is 0 Å². The quantitative estimate of drug-likeness (QED) is 0.273. The molecular weight excluding hydrogens is 529 g/mol. The zero-order valence-corrected chi connectivity index (χ0v) is 21.5. The Morgan fingerprint density at radius 1 is 1.23 bits per heavy atom. The van der Waals surface area contributed by atoms with Crippen molar-refractivity contribution in [3.63, 3.8) is 0 Å². The van der Waals surface area contributed by atoms with Crippen molar-refractivity contribution in [3.8, 4) is 5.75 Å². The number of hydrogen-bond acceptors (Lipinski definition) is 4. The number of methoxy groups -OCH3 is 1. The second kappa shape index (κ2) is 11.4. The average molecular weight is 558 g/mol. The lowest BCUT2D eigenvalue weighted by Gasteiger charge is -2.23. The molecular formula is C21H29ClIN7O. The van der Waals surface area contributed by atoms with Crippen molar-refractivity contribution in [1.29, 1.82) is 0 Å². The summed E-state index contributed by atoms with van der Waals surface area (Å²) in [6, 6.07) is 9.88. The molecule has 2 aromatic heterocycles.